The minimum absolute atomic E-state index is 0.236. The van der Waals surface area contributed by atoms with Crippen LogP contribution in [0.3, 0.4) is 0 Å². The molecule has 0 heterocycles. The van der Waals surface area contributed by atoms with E-state index in [2.05, 4.69) is 31.3 Å². The molecule has 110 valence electrons. The van der Waals surface area contributed by atoms with E-state index < -0.39 is 5.97 Å². The Hall–Kier alpha value is -2.49. The number of nitrogens with one attached hydrogen (secondary N) is 1. The molecule has 0 saturated carbocycles. The highest BCUT2D eigenvalue weighted by Crippen LogP contribution is 2.27. The van der Waals surface area contributed by atoms with E-state index in [1.807, 2.05) is 6.07 Å². The lowest BCUT2D eigenvalue weighted by molar-refractivity contribution is 0.0697. The number of rotatable bonds is 5. The van der Waals surface area contributed by atoms with Crippen molar-refractivity contribution < 1.29 is 14.6 Å². The van der Waals surface area contributed by atoms with Crippen LogP contribution >= 0.6 is 0 Å². The summed E-state index contributed by atoms with van der Waals surface area (Å²) in [5, 5.41) is 12.3. The van der Waals surface area contributed by atoms with E-state index in [9.17, 15) is 4.79 Å². The molecule has 2 aromatic rings. The maximum absolute atomic E-state index is 11.1. The average Bonchev–Trinajstić information content (AvgIpc) is 2.46. The molecule has 0 bridgehead atoms. The van der Waals surface area contributed by atoms with Crippen LogP contribution in [-0.2, 0) is 6.54 Å². The highest BCUT2D eigenvalue weighted by molar-refractivity contribution is 5.89. The third kappa shape index (κ3) is 3.34. The number of hydrogen-bond donors (Lipinski definition) is 2. The van der Waals surface area contributed by atoms with Crippen LogP contribution in [0.5, 0.6) is 5.75 Å². The molecule has 0 aromatic heterocycles. The van der Waals surface area contributed by atoms with Gasteiger partial charge in [0, 0.05) is 6.54 Å². The van der Waals surface area contributed by atoms with Gasteiger partial charge in [-0.05, 0) is 48.7 Å². The van der Waals surface area contributed by atoms with Crippen molar-refractivity contribution in [1.82, 2.24) is 0 Å². The maximum atomic E-state index is 11.1. The highest BCUT2D eigenvalue weighted by Gasteiger charge is 2.10. The summed E-state index contributed by atoms with van der Waals surface area (Å²) in [5.41, 5.74) is 4.53. The van der Waals surface area contributed by atoms with Crippen molar-refractivity contribution >= 4 is 11.7 Å². The monoisotopic (exact) mass is 285 g/mol. The molecule has 0 aliphatic rings. The van der Waals surface area contributed by atoms with Gasteiger partial charge in [0.05, 0.1) is 18.4 Å². The van der Waals surface area contributed by atoms with Crippen LogP contribution in [0, 0.1) is 13.8 Å². The second-order valence-electron chi connectivity index (χ2n) is 4.94. The van der Waals surface area contributed by atoms with E-state index in [1.54, 1.807) is 19.2 Å². The van der Waals surface area contributed by atoms with Gasteiger partial charge < -0.3 is 15.2 Å². The smallest absolute Gasteiger partial charge is 0.335 e. The van der Waals surface area contributed by atoms with Gasteiger partial charge in [-0.2, -0.15) is 0 Å². The summed E-state index contributed by atoms with van der Waals surface area (Å²) in [5.74, 6) is -0.320. The van der Waals surface area contributed by atoms with Crippen LogP contribution in [0.4, 0.5) is 5.69 Å². The van der Waals surface area contributed by atoms with Gasteiger partial charge in [0.15, 0.2) is 0 Å². The van der Waals surface area contributed by atoms with Crippen molar-refractivity contribution in [3.63, 3.8) is 0 Å². The van der Waals surface area contributed by atoms with E-state index in [0.717, 1.165) is 0 Å². The average molecular weight is 285 g/mol. The first-order chi connectivity index (χ1) is 10.0. The number of carboxylic acids is 1. The molecule has 0 atom stereocenters. The predicted octanol–water partition coefficient (Wildman–Crippen LogP) is 3.62. The van der Waals surface area contributed by atoms with E-state index in [0.29, 0.717) is 18.0 Å². The Labute approximate surface area is 124 Å². The van der Waals surface area contributed by atoms with E-state index in [1.165, 1.54) is 22.8 Å². The molecule has 21 heavy (non-hydrogen) atoms. The zero-order valence-corrected chi connectivity index (χ0v) is 12.4. The van der Waals surface area contributed by atoms with Gasteiger partial charge >= 0.3 is 5.97 Å². The fraction of sp³-hybridized carbons (Fsp3) is 0.235. The molecular weight excluding hydrogens is 266 g/mol. The SMILES string of the molecule is COc1ccc(C(=O)O)cc1NCc1c(C)cccc1C. The molecule has 0 radical (unpaired) electrons. The van der Waals surface area contributed by atoms with Crippen molar-refractivity contribution in [3.8, 4) is 5.75 Å². The van der Waals surface area contributed by atoms with Crippen LogP contribution in [0.1, 0.15) is 27.0 Å². The topological polar surface area (TPSA) is 58.6 Å². The minimum Gasteiger partial charge on any atom is -0.495 e. The van der Waals surface area contributed by atoms with Crippen LogP contribution < -0.4 is 10.1 Å². The third-order valence-corrected chi connectivity index (χ3v) is 3.55. The van der Waals surface area contributed by atoms with Crippen molar-refractivity contribution in [2.24, 2.45) is 0 Å². The lowest BCUT2D eigenvalue weighted by Crippen LogP contribution is -2.06. The first-order valence-corrected chi connectivity index (χ1v) is 6.73. The van der Waals surface area contributed by atoms with Crippen LogP contribution in [0.25, 0.3) is 0 Å². The van der Waals surface area contributed by atoms with Crippen molar-refractivity contribution in [2.45, 2.75) is 20.4 Å². The molecular formula is C17H19NO3. The predicted molar refractivity (Wildman–Crippen MR) is 83.2 cm³/mol. The first-order valence-electron chi connectivity index (χ1n) is 6.73. The molecule has 0 unspecified atom stereocenters. The van der Waals surface area contributed by atoms with Gasteiger partial charge in [0.1, 0.15) is 5.75 Å². The Morgan fingerprint density at radius 2 is 1.86 bits per heavy atom. The molecule has 2 N–H and O–H groups in total. The fourth-order valence-electron chi connectivity index (χ4n) is 2.29. The number of methoxy groups -OCH3 is 1. The van der Waals surface area contributed by atoms with Gasteiger partial charge in [-0.15, -0.1) is 0 Å². The van der Waals surface area contributed by atoms with Gasteiger partial charge in [-0.3, -0.25) is 0 Å². The molecule has 4 nitrogen and oxygen atoms in total. The maximum Gasteiger partial charge on any atom is 0.335 e. The zero-order valence-electron chi connectivity index (χ0n) is 12.4. The highest BCUT2D eigenvalue weighted by atomic mass is 16.5. The summed E-state index contributed by atoms with van der Waals surface area (Å²) in [6, 6.07) is 10.9. The van der Waals surface area contributed by atoms with Crippen molar-refractivity contribution in [1.29, 1.82) is 0 Å². The second kappa shape index (κ2) is 6.31. The lowest BCUT2D eigenvalue weighted by atomic mass is 10.0. The van der Waals surface area contributed by atoms with Crippen LogP contribution in [-0.4, -0.2) is 18.2 Å². The molecule has 0 saturated heterocycles. The number of aromatic carboxylic acids is 1. The summed E-state index contributed by atoms with van der Waals surface area (Å²) in [6.45, 7) is 4.75. The Morgan fingerprint density at radius 1 is 1.19 bits per heavy atom. The molecule has 2 aromatic carbocycles. The molecule has 4 heteroatoms. The van der Waals surface area contributed by atoms with E-state index in [4.69, 9.17) is 9.84 Å². The fourth-order valence-corrected chi connectivity index (χ4v) is 2.29. The van der Waals surface area contributed by atoms with Crippen LogP contribution in [0.2, 0.25) is 0 Å². The van der Waals surface area contributed by atoms with Gasteiger partial charge in [-0.1, -0.05) is 18.2 Å². The lowest BCUT2D eigenvalue weighted by Gasteiger charge is -2.15. The number of hydrogen-bond acceptors (Lipinski definition) is 3. The van der Waals surface area contributed by atoms with Crippen molar-refractivity contribution in [2.75, 3.05) is 12.4 Å². The Balaban J connectivity index is 2.26. The summed E-state index contributed by atoms with van der Waals surface area (Å²) in [4.78, 5) is 11.1. The Kier molecular flexibility index (Phi) is 4.48. The summed E-state index contributed by atoms with van der Waals surface area (Å²) in [6.07, 6.45) is 0. The Bertz CT molecular complexity index is 645. The van der Waals surface area contributed by atoms with E-state index in [-0.39, 0.29) is 5.56 Å². The van der Waals surface area contributed by atoms with Crippen LogP contribution in [0.15, 0.2) is 36.4 Å². The van der Waals surface area contributed by atoms with E-state index >= 15 is 0 Å². The molecule has 2 rings (SSSR count). The number of benzene rings is 2. The first kappa shape index (κ1) is 14.9. The standard InChI is InChI=1S/C17H19NO3/c1-11-5-4-6-12(2)14(11)10-18-15-9-13(17(19)20)7-8-16(15)21-3/h4-9,18H,10H2,1-3H3,(H,19,20). The molecule has 0 aliphatic carbocycles. The summed E-state index contributed by atoms with van der Waals surface area (Å²) < 4.78 is 5.27. The minimum atomic E-state index is -0.951. The number of carbonyl (C=O) groups is 1. The number of ether oxygens (including phenoxy) is 1. The van der Waals surface area contributed by atoms with Gasteiger partial charge in [0.2, 0.25) is 0 Å². The summed E-state index contributed by atoms with van der Waals surface area (Å²) in [7, 11) is 1.57. The van der Waals surface area contributed by atoms with Crippen molar-refractivity contribution in [3.05, 3.63) is 58.7 Å². The molecule has 0 spiro atoms. The third-order valence-electron chi connectivity index (χ3n) is 3.55. The molecule has 0 fully saturated rings. The van der Waals surface area contributed by atoms with Gasteiger partial charge in [0.25, 0.3) is 0 Å². The Morgan fingerprint density at radius 3 is 2.43 bits per heavy atom. The zero-order chi connectivity index (χ0) is 15.4. The quantitative estimate of drug-likeness (QED) is 0.881. The number of carboxylic acid groups (broad SMARTS) is 1. The normalized spacial score (nSPS) is 10.2. The molecule has 0 amide bonds. The number of anilines is 1. The summed E-state index contributed by atoms with van der Waals surface area (Å²) >= 11 is 0. The second-order valence-corrected chi connectivity index (χ2v) is 4.94. The largest absolute Gasteiger partial charge is 0.495 e. The molecule has 0 aliphatic heterocycles. The van der Waals surface area contributed by atoms with Gasteiger partial charge in [-0.25, -0.2) is 4.79 Å². The number of aryl methyl sites for hydroxylation is 2.